The lowest BCUT2D eigenvalue weighted by Gasteiger charge is -2.35. The molecule has 0 radical (unpaired) electrons. The maximum atomic E-state index is 12.7. The van der Waals surface area contributed by atoms with Gasteiger partial charge in [0.25, 0.3) is 5.91 Å². The molecule has 142 valence electrons. The summed E-state index contributed by atoms with van der Waals surface area (Å²) in [7, 11) is 0. The number of rotatable bonds is 4. The van der Waals surface area contributed by atoms with Gasteiger partial charge in [-0.25, -0.2) is 0 Å². The monoisotopic (exact) mass is 393 g/mol. The highest BCUT2D eigenvalue weighted by atomic mass is 35.5. The summed E-state index contributed by atoms with van der Waals surface area (Å²) in [5, 5.41) is 12.0. The molecule has 1 amide bonds. The van der Waals surface area contributed by atoms with E-state index in [1.807, 2.05) is 35.2 Å². The number of piperazine rings is 1. The number of nitrogens with one attached hydrogen (secondary N) is 1. The van der Waals surface area contributed by atoms with Crippen molar-refractivity contribution in [1.29, 1.82) is 0 Å². The van der Waals surface area contributed by atoms with Crippen molar-refractivity contribution in [2.24, 2.45) is 0 Å². The van der Waals surface area contributed by atoms with Crippen LogP contribution in [0.1, 0.15) is 10.5 Å². The molecule has 0 saturated carbocycles. The molecule has 1 fully saturated rings. The van der Waals surface area contributed by atoms with Crippen molar-refractivity contribution in [3.8, 4) is 0 Å². The smallest absolute Gasteiger partial charge is 0.274 e. The number of para-hydroxylation sites is 1. The maximum absolute atomic E-state index is 12.7. The van der Waals surface area contributed by atoms with E-state index in [4.69, 9.17) is 11.6 Å². The van der Waals surface area contributed by atoms with Crippen molar-refractivity contribution in [3.05, 3.63) is 77.4 Å². The minimum absolute atomic E-state index is 0.0849. The van der Waals surface area contributed by atoms with Gasteiger partial charge in [0.15, 0.2) is 11.5 Å². The van der Waals surface area contributed by atoms with Crippen molar-refractivity contribution >= 4 is 34.7 Å². The van der Waals surface area contributed by atoms with Gasteiger partial charge in [-0.15, -0.1) is 10.2 Å². The molecule has 0 spiro atoms. The van der Waals surface area contributed by atoms with E-state index in [0.717, 1.165) is 18.8 Å². The zero-order chi connectivity index (χ0) is 19.3. The fourth-order valence-corrected chi connectivity index (χ4v) is 3.29. The van der Waals surface area contributed by atoms with Crippen LogP contribution in [0.15, 0.2) is 66.7 Å². The Morgan fingerprint density at radius 1 is 0.857 bits per heavy atom. The zero-order valence-corrected chi connectivity index (χ0v) is 16.0. The summed E-state index contributed by atoms with van der Waals surface area (Å²) in [6, 6.07) is 21.0. The SMILES string of the molecule is O=C(c1ccc(Nc2ccc(Cl)cc2)nn1)N1CCN(c2ccccc2)CC1. The van der Waals surface area contributed by atoms with E-state index in [-0.39, 0.29) is 5.91 Å². The zero-order valence-electron chi connectivity index (χ0n) is 15.3. The van der Waals surface area contributed by atoms with Crippen molar-refractivity contribution in [3.63, 3.8) is 0 Å². The van der Waals surface area contributed by atoms with Gasteiger partial charge < -0.3 is 15.1 Å². The number of halogens is 1. The average molecular weight is 394 g/mol. The summed E-state index contributed by atoms with van der Waals surface area (Å²) in [6.07, 6.45) is 0. The Morgan fingerprint density at radius 2 is 1.57 bits per heavy atom. The Balaban J connectivity index is 1.35. The van der Waals surface area contributed by atoms with E-state index in [9.17, 15) is 4.79 Å². The van der Waals surface area contributed by atoms with Gasteiger partial charge in [-0.3, -0.25) is 4.79 Å². The molecule has 1 aliphatic heterocycles. The quantitative estimate of drug-likeness (QED) is 0.729. The lowest BCUT2D eigenvalue weighted by atomic mass is 10.2. The van der Waals surface area contributed by atoms with Gasteiger partial charge in [-0.05, 0) is 48.5 Å². The first kappa shape index (κ1) is 18.3. The molecule has 28 heavy (non-hydrogen) atoms. The predicted octanol–water partition coefficient (Wildman–Crippen LogP) is 3.84. The molecule has 1 aromatic heterocycles. The van der Waals surface area contributed by atoms with Crippen LogP contribution in [0, 0.1) is 0 Å². The van der Waals surface area contributed by atoms with Gasteiger partial charge in [0.05, 0.1) is 0 Å². The van der Waals surface area contributed by atoms with E-state index in [0.29, 0.717) is 29.6 Å². The molecular formula is C21H20ClN5O. The van der Waals surface area contributed by atoms with Crippen LogP contribution in [0.2, 0.25) is 5.02 Å². The van der Waals surface area contributed by atoms with Crippen LogP contribution < -0.4 is 10.2 Å². The molecule has 0 bridgehead atoms. The lowest BCUT2D eigenvalue weighted by Crippen LogP contribution is -2.49. The molecule has 6 nitrogen and oxygen atoms in total. The molecule has 0 unspecified atom stereocenters. The summed E-state index contributed by atoms with van der Waals surface area (Å²) in [4.78, 5) is 16.8. The second-order valence-electron chi connectivity index (χ2n) is 6.55. The van der Waals surface area contributed by atoms with Crippen molar-refractivity contribution in [2.45, 2.75) is 0 Å². The van der Waals surface area contributed by atoms with Crippen LogP contribution in [0.3, 0.4) is 0 Å². The standard InChI is InChI=1S/C21H20ClN5O/c22-16-6-8-17(9-7-16)23-20-11-10-19(24-25-20)21(28)27-14-12-26(13-15-27)18-4-2-1-3-5-18/h1-11H,12-15H2,(H,23,25). The van der Waals surface area contributed by atoms with Gasteiger partial charge in [-0.1, -0.05) is 29.8 Å². The van der Waals surface area contributed by atoms with Gasteiger partial charge in [0.2, 0.25) is 0 Å². The summed E-state index contributed by atoms with van der Waals surface area (Å²) in [5.74, 6) is 0.492. The Bertz CT molecular complexity index is 923. The third kappa shape index (κ3) is 4.23. The summed E-state index contributed by atoms with van der Waals surface area (Å²) < 4.78 is 0. The molecule has 4 rings (SSSR count). The van der Waals surface area contributed by atoms with Crippen LogP contribution in [-0.4, -0.2) is 47.2 Å². The molecule has 2 aromatic carbocycles. The number of carbonyl (C=O) groups excluding carboxylic acids is 1. The Kier molecular flexibility index (Phi) is 5.39. The first-order chi connectivity index (χ1) is 13.7. The number of anilines is 3. The lowest BCUT2D eigenvalue weighted by molar-refractivity contribution is 0.0739. The Hall–Kier alpha value is -3.12. The van der Waals surface area contributed by atoms with Crippen LogP contribution in [0.25, 0.3) is 0 Å². The topological polar surface area (TPSA) is 61.4 Å². The average Bonchev–Trinajstić information content (AvgIpc) is 2.76. The number of nitrogens with zero attached hydrogens (tertiary/aromatic N) is 4. The van der Waals surface area contributed by atoms with Gasteiger partial charge in [0.1, 0.15) is 0 Å². The number of carbonyl (C=O) groups is 1. The summed E-state index contributed by atoms with van der Waals surface area (Å²) in [5.41, 5.74) is 2.40. The molecule has 1 N–H and O–H groups in total. The van der Waals surface area contributed by atoms with Crippen molar-refractivity contribution in [1.82, 2.24) is 15.1 Å². The van der Waals surface area contributed by atoms with Crippen LogP contribution in [0.5, 0.6) is 0 Å². The molecule has 0 aliphatic carbocycles. The van der Waals surface area contributed by atoms with Crippen molar-refractivity contribution < 1.29 is 4.79 Å². The van der Waals surface area contributed by atoms with E-state index < -0.39 is 0 Å². The summed E-state index contributed by atoms with van der Waals surface area (Å²) >= 11 is 5.89. The highest BCUT2D eigenvalue weighted by molar-refractivity contribution is 6.30. The number of aromatic nitrogens is 2. The number of hydrogen-bond donors (Lipinski definition) is 1. The number of amides is 1. The van der Waals surface area contributed by atoms with Gasteiger partial charge >= 0.3 is 0 Å². The predicted molar refractivity (Wildman–Crippen MR) is 111 cm³/mol. The minimum atomic E-state index is -0.0849. The first-order valence-corrected chi connectivity index (χ1v) is 9.52. The highest BCUT2D eigenvalue weighted by Gasteiger charge is 2.23. The van der Waals surface area contributed by atoms with E-state index in [1.54, 1.807) is 24.3 Å². The fraction of sp³-hybridized carbons (Fsp3) is 0.190. The molecule has 7 heteroatoms. The number of hydrogen-bond acceptors (Lipinski definition) is 5. The second-order valence-corrected chi connectivity index (χ2v) is 6.99. The van der Waals surface area contributed by atoms with E-state index in [2.05, 4.69) is 32.5 Å². The third-order valence-electron chi connectivity index (χ3n) is 4.69. The van der Waals surface area contributed by atoms with E-state index >= 15 is 0 Å². The van der Waals surface area contributed by atoms with Gasteiger partial charge in [0, 0.05) is 42.6 Å². The Morgan fingerprint density at radius 3 is 2.21 bits per heavy atom. The number of benzene rings is 2. The fourth-order valence-electron chi connectivity index (χ4n) is 3.16. The van der Waals surface area contributed by atoms with E-state index in [1.165, 1.54) is 5.69 Å². The maximum Gasteiger partial charge on any atom is 0.274 e. The molecular weight excluding hydrogens is 374 g/mol. The molecule has 3 aromatic rings. The molecule has 0 atom stereocenters. The first-order valence-electron chi connectivity index (χ1n) is 9.15. The highest BCUT2D eigenvalue weighted by Crippen LogP contribution is 2.18. The molecule has 1 saturated heterocycles. The van der Waals surface area contributed by atoms with Gasteiger partial charge in [-0.2, -0.15) is 0 Å². The van der Waals surface area contributed by atoms with Crippen LogP contribution >= 0.6 is 11.6 Å². The molecule has 2 heterocycles. The molecule has 1 aliphatic rings. The Labute approximate surface area is 168 Å². The second kappa shape index (κ2) is 8.27. The summed E-state index contributed by atoms with van der Waals surface area (Å²) in [6.45, 7) is 2.94. The normalized spacial score (nSPS) is 14.0. The van der Waals surface area contributed by atoms with Crippen LogP contribution in [0.4, 0.5) is 17.2 Å². The third-order valence-corrected chi connectivity index (χ3v) is 4.94. The largest absolute Gasteiger partial charge is 0.368 e. The minimum Gasteiger partial charge on any atom is -0.368 e. The van der Waals surface area contributed by atoms with Crippen LogP contribution in [-0.2, 0) is 0 Å². The van der Waals surface area contributed by atoms with Crippen molar-refractivity contribution in [2.75, 3.05) is 36.4 Å².